The van der Waals surface area contributed by atoms with Crippen molar-refractivity contribution >= 4 is 11.3 Å². The minimum Gasteiger partial charge on any atom is -0.493 e. The molecule has 6 nitrogen and oxygen atoms in total. The Morgan fingerprint density at radius 1 is 0.692 bits per heavy atom. The molecule has 0 aliphatic rings. The first-order valence-corrected chi connectivity index (χ1v) is 8.71. The van der Waals surface area contributed by atoms with Gasteiger partial charge in [-0.05, 0) is 42.8 Å². The van der Waals surface area contributed by atoms with Crippen molar-refractivity contribution in [3.8, 4) is 44.1 Å². The first kappa shape index (κ1) is 18.0. The molecule has 0 fully saturated rings. The van der Waals surface area contributed by atoms with Gasteiger partial charge in [0.15, 0.2) is 23.0 Å². The number of aryl methyl sites for hydroxylation is 1. The van der Waals surface area contributed by atoms with E-state index in [-0.39, 0.29) is 0 Å². The van der Waals surface area contributed by atoms with Gasteiger partial charge in [-0.25, -0.2) is 0 Å². The Morgan fingerprint density at radius 3 is 1.92 bits per heavy atom. The number of benzene rings is 2. The zero-order valence-electron chi connectivity index (χ0n) is 15.3. The molecule has 0 aliphatic carbocycles. The Kier molecular flexibility index (Phi) is 5.27. The van der Waals surface area contributed by atoms with Gasteiger partial charge in [-0.2, -0.15) is 0 Å². The number of ether oxygens (including phenoxy) is 4. The van der Waals surface area contributed by atoms with Gasteiger partial charge >= 0.3 is 0 Å². The molecule has 3 aromatic rings. The van der Waals surface area contributed by atoms with Gasteiger partial charge in [-0.15, -0.1) is 10.2 Å². The summed E-state index contributed by atoms with van der Waals surface area (Å²) in [5, 5.41) is 10.3. The predicted molar refractivity (Wildman–Crippen MR) is 102 cm³/mol. The molecular formula is C19H20N2O4S. The Labute approximate surface area is 156 Å². The minimum absolute atomic E-state index is 0.657. The summed E-state index contributed by atoms with van der Waals surface area (Å²) in [5.74, 6) is 2.69. The molecule has 0 spiro atoms. The number of methoxy groups -OCH3 is 4. The van der Waals surface area contributed by atoms with Gasteiger partial charge in [0.05, 0.1) is 28.4 Å². The highest BCUT2D eigenvalue weighted by Gasteiger charge is 2.16. The molecule has 0 saturated carbocycles. The maximum atomic E-state index is 5.40. The van der Waals surface area contributed by atoms with Crippen molar-refractivity contribution in [2.24, 2.45) is 0 Å². The minimum atomic E-state index is 0.657. The van der Waals surface area contributed by atoms with E-state index in [0.29, 0.717) is 23.0 Å². The van der Waals surface area contributed by atoms with Gasteiger partial charge in [-0.3, -0.25) is 0 Å². The van der Waals surface area contributed by atoms with Gasteiger partial charge in [-0.1, -0.05) is 11.3 Å². The van der Waals surface area contributed by atoms with Gasteiger partial charge in [0.2, 0.25) is 0 Å². The summed E-state index contributed by atoms with van der Waals surface area (Å²) in [5.41, 5.74) is 2.93. The summed E-state index contributed by atoms with van der Waals surface area (Å²) in [6.45, 7) is 2.01. The van der Waals surface area contributed by atoms with Crippen LogP contribution < -0.4 is 18.9 Å². The van der Waals surface area contributed by atoms with Crippen LogP contribution in [0.25, 0.3) is 21.1 Å². The van der Waals surface area contributed by atoms with E-state index in [0.717, 1.165) is 26.7 Å². The molecule has 0 amide bonds. The average Bonchev–Trinajstić information content (AvgIpc) is 3.16. The van der Waals surface area contributed by atoms with Crippen molar-refractivity contribution in [3.05, 3.63) is 35.9 Å². The third kappa shape index (κ3) is 3.30. The first-order chi connectivity index (χ1) is 12.6. The fraction of sp³-hybridized carbons (Fsp3) is 0.263. The second-order valence-corrected chi connectivity index (χ2v) is 6.48. The molecule has 0 N–H and O–H groups in total. The van der Waals surface area contributed by atoms with E-state index in [9.17, 15) is 0 Å². The third-order valence-corrected chi connectivity index (χ3v) is 5.02. The Bertz CT molecular complexity index is 924. The molecule has 3 rings (SSSR count). The van der Waals surface area contributed by atoms with Crippen molar-refractivity contribution in [1.82, 2.24) is 10.2 Å². The van der Waals surface area contributed by atoms with Crippen molar-refractivity contribution in [2.75, 3.05) is 28.4 Å². The zero-order valence-corrected chi connectivity index (χ0v) is 16.1. The predicted octanol–water partition coefficient (Wildman–Crippen LogP) is 4.21. The van der Waals surface area contributed by atoms with Gasteiger partial charge in [0, 0.05) is 11.1 Å². The highest BCUT2D eigenvalue weighted by Crippen LogP contribution is 2.39. The molecule has 2 aromatic carbocycles. The van der Waals surface area contributed by atoms with E-state index in [1.165, 1.54) is 11.3 Å². The van der Waals surface area contributed by atoms with E-state index in [2.05, 4.69) is 10.2 Å². The summed E-state index contributed by atoms with van der Waals surface area (Å²) in [7, 11) is 6.46. The molecule has 1 heterocycles. The van der Waals surface area contributed by atoms with E-state index < -0.39 is 0 Å². The fourth-order valence-electron chi connectivity index (χ4n) is 2.63. The largest absolute Gasteiger partial charge is 0.493 e. The van der Waals surface area contributed by atoms with Crippen molar-refractivity contribution < 1.29 is 18.9 Å². The van der Waals surface area contributed by atoms with Crippen LogP contribution in [0.3, 0.4) is 0 Å². The van der Waals surface area contributed by atoms with Crippen LogP contribution in [-0.2, 0) is 0 Å². The van der Waals surface area contributed by atoms with Crippen LogP contribution in [0.5, 0.6) is 23.0 Å². The van der Waals surface area contributed by atoms with E-state index in [1.54, 1.807) is 28.4 Å². The standard InChI is InChI=1S/C19H20N2O4S/c1-11-8-15(23-3)17(25-5)10-13(11)19-21-20-18(26-19)12-6-7-14(22-2)16(9-12)24-4/h6-10H,1-5H3. The van der Waals surface area contributed by atoms with Crippen LogP contribution >= 0.6 is 11.3 Å². The number of aromatic nitrogens is 2. The second-order valence-electron chi connectivity index (χ2n) is 5.50. The summed E-state index contributed by atoms with van der Waals surface area (Å²) in [6, 6.07) is 9.55. The normalized spacial score (nSPS) is 10.5. The molecular weight excluding hydrogens is 352 g/mol. The summed E-state index contributed by atoms with van der Waals surface area (Å²) >= 11 is 1.50. The number of rotatable bonds is 6. The number of hydrogen-bond acceptors (Lipinski definition) is 7. The number of hydrogen-bond donors (Lipinski definition) is 0. The molecule has 0 aliphatic heterocycles. The molecule has 0 unspecified atom stereocenters. The quantitative estimate of drug-likeness (QED) is 0.646. The maximum absolute atomic E-state index is 5.40. The smallest absolute Gasteiger partial charge is 0.161 e. The van der Waals surface area contributed by atoms with Crippen LogP contribution in [0, 0.1) is 6.92 Å². The van der Waals surface area contributed by atoms with Crippen LogP contribution in [0.4, 0.5) is 0 Å². The lowest BCUT2D eigenvalue weighted by Gasteiger charge is -2.11. The molecule has 0 atom stereocenters. The molecule has 26 heavy (non-hydrogen) atoms. The fourth-order valence-corrected chi connectivity index (χ4v) is 3.55. The SMILES string of the molecule is COc1ccc(-c2nnc(-c3cc(OC)c(OC)cc3C)s2)cc1OC. The Hall–Kier alpha value is -2.80. The van der Waals surface area contributed by atoms with E-state index >= 15 is 0 Å². The molecule has 0 radical (unpaired) electrons. The molecule has 136 valence electrons. The summed E-state index contributed by atoms with van der Waals surface area (Å²) in [4.78, 5) is 0. The van der Waals surface area contributed by atoms with E-state index in [1.807, 2.05) is 37.3 Å². The molecule has 0 bridgehead atoms. The molecule has 0 saturated heterocycles. The van der Waals surface area contributed by atoms with Crippen LogP contribution in [0.15, 0.2) is 30.3 Å². The molecule has 1 aromatic heterocycles. The van der Waals surface area contributed by atoms with Crippen LogP contribution in [0.2, 0.25) is 0 Å². The van der Waals surface area contributed by atoms with Crippen molar-refractivity contribution in [1.29, 1.82) is 0 Å². The zero-order chi connectivity index (χ0) is 18.7. The topological polar surface area (TPSA) is 62.7 Å². The van der Waals surface area contributed by atoms with E-state index in [4.69, 9.17) is 18.9 Å². The third-order valence-electron chi connectivity index (χ3n) is 4.02. The van der Waals surface area contributed by atoms with Gasteiger partial charge in [0.1, 0.15) is 10.0 Å². The average molecular weight is 372 g/mol. The highest BCUT2D eigenvalue weighted by molar-refractivity contribution is 7.17. The summed E-state index contributed by atoms with van der Waals surface area (Å²) in [6.07, 6.45) is 0. The summed E-state index contributed by atoms with van der Waals surface area (Å²) < 4.78 is 21.4. The lowest BCUT2D eigenvalue weighted by Crippen LogP contribution is -1.93. The second kappa shape index (κ2) is 7.61. The Morgan fingerprint density at radius 2 is 1.27 bits per heavy atom. The van der Waals surface area contributed by atoms with Crippen LogP contribution in [-0.4, -0.2) is 38.6 Å². The van der Waals surface area contributed by atoms with Crippen LogP contribution in [0.1, 0.15) is 5.56 Å². The lowest BCUT2D eigenvalue weighted by molar-refractivity contribution is 0.355. The van der Waals surface area contributed by atoms with Gasteiger partial charge < -0.3 is 18.9 Å². The Balaban J connectivity index is 2.01. The van der Waals surface area contributed by atoms with Crippen molar-refractivity contribution in [2.45, 2.75) is 6.92 Å². The maximum Gasteiger partial charge on any atom is 0.161 e. The first-order valence-electron chi connectivity index (χ1n) is 7.90. The highest BCUT2D eigenvalue weighted by atomic mass is 32.1. The van der Waals surface area contributed by atoms with Gasteiger partial charge in [0.25, 0.3) is 0 Å². The van der Waals surface area contributed by atoms with Crippen molar-refractivity contribution in [3.63, 3.8) is 0 Å². The molecule has 7 heteroatoms. The monoisotopic (exact) mass is 372 g/mol. The lowest BCUT2D eigenvalue weighted by atomic mass is 10.1. The number of nitrogens with zero attached hydrogens (tertiary/aromatic N) is 2.